The highest BCUT2D eigenvalue weighted by atomic mass is 79.9. The van der Waals surface area contributed by atoms with E-state index in [2.05, 4.69) is 27.8 Å². The van der Waals surface area contributed by atoms with E-state index in [4.69, 9.17) is 5.73 Å². The molecule has 1 aromatic rings. The minimum Gasteiger partial charge on any atom is -0.356 e. The largest absolute Gasteiger partial charge is 0.356 e. The molecule has 1 aliphatic heterocycles. The second-order valence-electron chi connectivity index (χ2n) is 5.03. The van der Waals surface area contributed by atoms with Crippen LogP contribution in [0.4, 0.5) is 5.69 Å². The zero-order valence-corrected chi connectivity index (χ0v) is 12.9. The van der Waals surface area contributed by atoms with Crippen molar-refractivity contribution in [2.75, 3.05) is 25.0 Å². The van der Waals surface area contributed by atoms with Crippen molar-refractivity contribution < 1.29 is 4.79 Å². The van der Waals surface area contributed by atoms with Crippen molar-refractivity contribution in [2.24, 2.45) is 5.73 Å². The second-order valence-corrected chi connectivity index (χ2v) is 5.95. The fourth-order valence-electron chi connectivity index (χ4n) is 2.57. The van der Waals surface area contributed by atoms with Gasteiger partial charge in [-0.3, -0.25) is 4.79 Å². The molecule has 4 nitrogen and oxygen atoms in total. The lowest BCUT2D eigenvalue weighted by atomic mass is 10.1. The zero-order chi connectivity index (χ0) is 14.0. The second kappa shape index (κ2) is 5.92. The van der Waals surface area contributed by atoms with E-state index in [0.717, 1.165) is 23.1 Å². The topological polar surface area (TPSA) is 49.6 Å². The van der Waals surface area contributed by atoms with Crippen LogP contribution in [-0.4, -0.2) is 43.0 Å². The highest BCUT2D eigenvalue weighted by Gasteiger charge is 2.33. The summed E-state index contributed by atoms with van der Waals surface area (Å²) in [5, 5.41) is 0. The van der Waals surface area contributed by atoms with Gasteiger partial charge in [0.05, 0.1) is 0 Å². The van der Waals surface area contributed by atoms with Gasteiger partial charge in [-0.2, -0.15) is 0 Å². The number of carbonyl (C=O) groups is 1. The van der Waals surface area contributed by atoms with Gasteiger partial charge in [-0.25, -0.2) is 0 Å². The predicted octanol–water partition coefficient (Wildman–Crippen LogP) is 1.83. The lowest BCUT2D eigenvalue weighted by Gasteiger charge is -2.35. The first-order chi connectivity index (χ1) is 9.04. The van der Waals surface area contributed by atoms with Gasteiger partial charge < -0.3 is 15.5 Å². The minimum absolute atomic E-state index is 0.106. The maximum absolute atomic E-state index is 12.4. The van der Waals surface area contributed by atoms with E-state index in [0.29, 0.717) is 12.6 Å². The van der Waals surface area contributed by atoms with Crippen LogP contribution in [0.1, 0.15) is 13.3 Å². The molecule has 0 radical (unpaired) electrons. The van der Waals surface area contributed by atoms with E-state index in [1.165, 1.54) is 0 Å². The number of nitrogens with zero attached hydrogens (tertiary/aromatic N) is 2. The Kier molecular flexibility index (Phi) is 4.47. The van der Waals surface area contributed by atoms with Crippen molar-refractivity contribution in [3.8, 4) is 0 Å². The van der Waals surface area contributed by atoms with Crippen LogP contribution in [0.3, 0.4) is 0 Å². The van der Waals surface area contributed by atoms with E-state index in [-0.39, 0.29) is 11.9 Å². The molecule has 1 fully saturated rings. The summed E-state index contributed by atoms with van der Waals surface area (Å²) in [7, 11) is 1.85. The predicted molar refractivity (Wildman–Crippen MR) is 81.2 cm³/mol. The average molecular weight is 326 g/mol. The van der Waals surface area contributed by atoms with Gasteiger partial charge >= 0.3 is 0 Å². The first-order valence-corrected chi connectivity index (χ1v) is 7.33. The van der Waals surface area contributed by atoms with Gasteiger partial charge in [-0.05, 0) is 37.6 Å². The average Bonchev–Trinajstić information content (AvgIpc) is 2.51. The lowest BCUT2D eigenvalue weighted by Crippen LogP contribution is -2.51. The first kappa shape index (κ1) is 14.3. The summed E-state index contributed by atoms with van der Waals surface area (Å²) in [6.07, 6.45) is 0.953. The van der Waals surface area contributed by atoms with Gasteiger partial charge in [0, 0.05) is 36.3 Å². The highest BCUT2D eigenvalue weighted by Crippen LogP contribution is 2.26. The molecule has 1 saturated heterocycles. The number of hydrogen-bond acceptors (Lipinski definition) is 3. The summed E-state index contributed by atoms with van der Waals surface area (Å²) in [5.74, 6) is 0.106. The van der Waals surface area contributed by atoms with E-state index < -0.39 is 0 Å². The van der Waals surface area contributed by atoms with E-state index >= 15 is 0 Å². The number of nitrogens with two attached hydrogens (primary N) is 1. The number of hydrogen-bond donors (Lipinski definition) is 1. The fourth-order valence-corrected chi connectivity index (χ4v) is 2.84. The Labute approximate surface area is 122 Å². The van der Waals surface area contributed by atoms with E-state index in [1.807, 2.05) is 31.3 Å². The number of halogens is 1. The molecule has 0 bridgehead atoms. The van der Waals surface area contributed by atoms with Crippen molar-refractivity contribution in [3.05, 3.63) is 28.7 Å². The Morgan fingerprint density at radius 3 is 2.58 bits per heavy atom. The van der Waals surface area contributed by atoms with Gasteiger partial charge in [0.1, 0.15) is 6.04 Å². The van der Waals surface area contributed by atoms with Gasteiger partial charge in [0.2, 0.25) is 5.91 Å². The Balaban J connectivity index is 2.37. The van der Waals surface area contributed by atoms with Crippen LogP contribution in [0.15, 0.2) is 28.7 Å². The van der Waals surface area contributed by atoms with Crippen molar-refractivity contribution in [2.45, 2.75) is 25.4 Å². The van der Waals surface area contributed by atoms with Gasteiger partial charge in [-0.1, -0.05) is 15.9 Å². The third-order valence-electron chi connectivity index (χ3n) is 3.70. The summed E-state index contributed by atoms with van der Waals surface area (Å²) in [6.45, 7) is 3.27. The number of likely N-dealkylation sites (N-methyl/N-ethyl adjacent to an activating group) is 1. The Morgan fingerprint density at radius 2 is 2.00 bits per heavy atom. The molecular formula is C14H20BrN3O. The standard InChI is InChI=1S/C14H20BrN3O/c1-10-7-8-17(2)14(19)13(9-16)18(10)12-5-3-11(15)4-6-12/h3-6,10,13H,7-9,16H2,1-2H3. The van der Waals surface area contributed by atoms with Crippen LogP contribution in [0.5, 0.6) is 0 Å². The number of anilines is 1. The highest BCUT2D eigenvalue weighted by molar-refractivity contribution is 9.10. The lowest BCUT2D eigenvalue weighted by molar-refractivity contribution is -0.130. The third-order valence-corrected chi connectivity index (χ3v) is 4.23. The zero-order valence-electron chi connectivity index (χ0n) is 11.3. The summed E-state index contributed by atoms with van der Waals surface area (Å²) in [5.41, 5.74) is 6.90. The Bertz CT molecular complexity index is 449. The van der Waals surface area contributed by atoms with Crippen LogP contribution in [0.25, 0.3) is 0 Å². The first-order valence-electron chi connectivity index (χ1n) is 6.53. The van der Waals surface area contributed by atoms with Crippen molar-refractivity contribution >= 4 is 27.5 Å². The van der Waals surface area contributed by atoms with E-state index in [1.54, 1.807) is 4.90 Å². The number of rotatable bonds is 2. The molecule has 5 heteroatoms. The summed E-state index contributed by atoms with van der Waals surface area (Å²) in [6, 6.07) is 8.07. The van der Waals surface area contributed by atoms with Gasteiger partial charge in [0.25, 0.3) is 0 Å². The van der Waals surface area contributed by atoms with Crippen molar-refractivity contribution in [1.29, 1.82) is 0 Å². The summed E-state index contributed by atoms with van der Waals surface area (Å²) in [4.78, 5) is 16.3. The molecule has 2 N–H and O–H groups in total. The third kappa shape index (κ3) is 2.92. The van der Waals surface area contributed by atoms with Crippen LogP contribution in [0.2, 0.25) is 0 Å². The smallest absolute Gasteiger partial charge is 0.246 e. The molecule has 1 heterocycles. The molecule has 0 aromatic heterocycles. The number of amides is 1. The normalized spacial score (nSPS) is 24.5. The molecule has 0 spiro atoms. The van der Waals surface area contributed by atoms with Crippen LogP contribution in [0, 0.1) is 0 Å². The molecule has 1 aromatic carbocycles. The molecule has 104 valence electrons. The fraction of sp³-hybridized carbons (Fsp3) is 0.500. The number of benzene rings is 1. The van der Waals surface area contributed by atoms with Crippen LogP contribution < -0.4 is 10.6 Å². The van der Waals surface area contributed by atoms with Crippen LogP contribution in [-0.2, 0) is 4.79 Å². The van der Waals surface area contributed by atoms with E-state index in [9.17, 15) is 4.79 Å². The number of carbonyl (C=O) groups excluding carboxylic acids is 1. The molecule has 2 rings (SSSR count). The molecular weight excluding hydrogens is 306 g/mol. The molecule has 2 atom stereocenters. The minimum atomic E-state index is -0.274. The Morgan fingerprint density at radius 1 is 1.37 bits per heavy atom. The summed E-state index contributed by atoms with van der Waals surface area (Å²) < 4.78 is 1.03. The summed E-state index contributed by atoms with van der Waals surface area (Å²) >= 11 is 3.44. The molecule has 1 aliphatic rings. The molecule has 0 aliphatic carbocycles. The quantitative estimate of drug-likeness (QED) is 0.902. The Hall–Kier alpha value is -1.07. The monoisotopic (exact) mass is 325 g/mol. The molecule has 2 unspecified atom stereocenters. The van der Waals surface area contributed by atoms with Crippen molar-refractivity contribution in [1.82, 2.24) is 4.90 Å². The van der Waals surface area contributed by atoms with Crippen LogP contribution >= 0.6 is 15.9 Å². The molecule has 0 saturated carbocycles. The molecule has 1 amide bonds. The van der Waals surface area contributed by atoms with Gasteiger partial charge in [-0.15, -0.1) is 0 Å². The maximum atomic E-state index is 12.4. The van der Waals surface area contributed by atoms with Gasteiger partial charge in [0.15, 0.2) is 0 Å². The van der Waals surface area contributed by atoms with Crippen molar-refractivity contribution in [3.63, 3.8) is 0 Å². The molecule has 19 heavy (non-hydrogen) atoms. The SMILES string of the molecule is CC1CCN(C)C(=O)C(CN)N1c1ccc(Br)cc1. The maximum Gasteiger partial charge on any atom is 0.246 e.